The molecule has 4 nitrogen and oxygen atoms in total. The van der Waals surface area contributed by atoms with Crippen LogP contribution >= 0.6 is 0 Å². The van der Waals surface area contributed by atoms with Gasteiger partial charge in [0.1, 0.15) is 23.9 Å². The van der Waals surface area contributed by atoms with Crippen LogP contribution in [0.4, 0.5) is 10.2 Å². The number of hydrogen-bond acceptors (Lipinski definition) is 4. The van der Waals surface area contributed by atoms with Gasteiger partial charge in [0.05, 0.1) is 6.54 Å². The topological polar surface area (TPSA) is 49.2 Å². The van der Waals surface area contributed by atoms with Gasteiger partial charge in [-0.05, 0) is 12.8 Å². The number of aliphatic hydroxyl groups excluding tert-OH is 1. The van der Waals surface area contributed by atoms with E-state index in [-0.39, 0.29) is 12.5 Å². The third-order valence-electron chi connectivity index (χ3n) is 3.06. The first-order chi connectivity index (χ1) is 7.99. The molecule has 0 radical (unpaired) electrons. The molecule has 1 aromatic rings. The molecule has 0 saturated carbocycles. The van der Waals surface area contributed by atoms with Crippen molar-refractivity contribution in [3.63, 3.8) is 0 Å². The van der Waals surface area contributed by atoms with Crippen molar-refractivity contribution in [2.45, 2.75) is 39.0 Å². The van der Waals surface area contributed by atoms with Crippen LogP contribution in [0.3, 0.4) is 0 Å². The Morgan fingerprint density at radius 3 is 2.71 bits per heavy atom. The summed E-state index contributed by atoms with van der Waals surface area (Å²) in [7, 11) is 0. The maximum Gasteiger partial charge on any atom is 0.145 e. The van der Waals surface area contributed by atoms with E-state index in [9.17, 15) is 9.50 Å². The fourth-order valence-corrected chi connectivity index (χ4v) is 2.05. The van der Waals surface area contributed by atoms with Gasteiger partial charge in [-0.3, -0.25) is 0 Å². The van der Waals surface area contributed by atoms with E-state index >= 15 is 0 Å². The second kappa shape index (κ2) is 4.56. The van der Waals surface area contributed by atoms with Gasteiger partial charge >= 0.3 is 0 Å². The molecule has 1 aromatic heterocycles. The number of aryl methyl sites for hydroxylation is 1. The predicted octanol–water partition coefficient (Wildman–Crippen LogP) is 1.43. The van der Waals surface area contributed by atoms with Crippen molar-refractivity contribution in [1.82, 2.24) is 9.97 Å². The molecule has 0 unspecified atom stereocenters. The van der Waals surface area contributed by atoms with Crippen LogP contribution in [-0.4, -0.2) is 40.4 Å². The lowest BCUT2D eigenvalue weighted by Gasteiger charge is -2.21. The molecule has 94 valence electrons. The van der Waals surface area contributed by atoms with E-state index in [1.807, 2.05) is 6.92 Å². The van der Waals surface area contributed by atoms with Crippen molar-refractivity contribution < 1.29 is 9.50 Å². The predicted molar refractivity (Wildman–Crippen MR) is 64.0 cm³/mol. The molecular formula is C12H18FN3O. The Balaban J connectivity index is 2.34. The Kier molecular flexibility index (Phi) is 3.28. The van der Waals surface area contributed by atoms with E-state index in [0.29, 0.717) is 12.4 Å². The molecule has 2 rings (SSSR count). The van der Waals surface area contributed by atoms with Crippen LogP contribution in [0.25, 0.3) is 0 Å². The van der Waals surface area contributed by atoms with E-state index in [0.717, 1.165) is 11.4 Å². The number of nitrogens with zero attached hydrogens (tertiary/aromatic N) is 3. The molecular weight excluding hydrogens is 221 g/mol. The van der Waals surface area contributed by atoms with Crippen LogP contribution in [0, 0.1) is 6.92 Å². The summed E-state index contributed by atoms with van der Waals surface area (Å²) in [6, 6.07) is 0. The molecule has 1 aliphatic rings. The van der Waals surface area contributed by atoms with Gasteiger partial charge in [-0.25, -0.2) is 14.4 Å². The number of anilines is 1. The van der Waals surface area contributed by atoms with Gasteiger partial charge in [-0.15, -0.1) is 0 Å². The fourth-order valence-electron chi connectivity index (χ4n) is 2.05. The van der Waals surface area contributed by atoms with E-state index in [4.69, 9.17) is 0 Å². The highest BCUT2D eigenvalue weighted by molar-refractivity contribution is 5.49. The van der Waals surface area contributed by atoms with Gasteiger partial charge in [0.15, 0.2) is 0 Å². The second-order valence-corrected chi connectivity index (χ2v) is 4.84. The van der Waals surface area contributed by atoms with Crippen molar-refractivity contribution in [3.8, 4) is 0 Å². The monoisotopic (exact) mass is 239 g/mol. The molecule has 5 heteroatoms. The van der Waals surface area contributed by atoms with Gasteiger partial charge < -0.3 is 10.0 Å². The number of aliphatic hydroxyl groups is 1. The van der Waals surface area contributed by atoms with Crippen molar-refractivity contribution in [1.29, 1.82) is 0 Å². The highest BCUT2D eigenvalue weighted by Crippen LogP contribution is 2.28. The van der Waals surface area contributed by atoms with Crippen molar-refractivity contribution in [3.05, 3.63) is 17.6 Å². The maximum atomic E-state index is 13.4. The highest BCUT2D eigenvalue weighted by Gasteiger charge is 2.33. The Labute approximate surface area is 101 Å². The first-order valence-corrected chi connectivity index (χ1v) is 5.89. The molecule has 0 aromatic carbocycles. The van der Waals surface area contributed by atoms with E-state index in [1.54, 1.807) is 11.1 Å². The van der Waals surface area contributed by atoms with Crippen LogP contribution in [0.2, 0.25) is 0 Å². The van der Waals surface area contributed by atoms with Crippen LogP contribution in [0.1, 0.15) is 31.2 Å². The minimum Gasteiger partial charge on any atom is -0.388 e. The third kappa shape index (κ3) is 2.39. The van der Waals surface area contributed by atoms with Crippen LogP contribution in [-0.2, 0) is 0 Å². The van der Waals surface area contributed by atoms with Gasteiger partial charge in [-0.1, -0.05) is 13.8 Å². The molecule has 0 amide bonds. The summed E-state index contributed by atoms with van der Waals surface area (Å²) in [6.07, 6.45) is -0.309. The zero-order chi connectivity index (χ0) is 12.6. The molecule has 17 heavy (non-hydrogen) atoms. The summed E-state index contributed by atoms with van der Waals surface area (Å²) in [5, 5.41) is 9.47. The standard InChI is InChI=1S/C12H18FN3O/c1-7(2)9-4-14-8(3)15-12(9)16-5-10(13)11(17)6-16/h4,7,10-11,17H,5-6H2,1-3H3/t10-,11-/m1/s1. The van der Waals surface area contributed by atoms with Gasteiger partial charge in [-0.2, -0.15) is 0 Å². The minimum absolute atomic E-state index is 0.206. The van der Waals surface area contributed by atoms with Gasteiger partial charge in [0.2, 0.25) is 0 Å². The lowest BCUT2D eigenvalue weighted by Crippen LogP contribution is -2.24. The number of aromatic nitrogens is 2. The highest BCUT2D eigenvalue weighted by atomic mass is 19.1. The summed E-state index contributed by atoms with van der Waals surface area (Å²) in [6.45, 7) is 6.43. The average molecular weight is 239 g/mol. The van der Waals surface area contributed by atoms with Crippen LogP contribution < -0.4 is 4.90 Å². The van der Waals surface area contributed by atoms with Crippen LogP contribution in [0.15, 0.2) is 6.20 Å². The maximum absolute atomic E-state index is 13.4. The van der Waals surface area contributed by atoms with Gasteiger partial charge in [0.25, 0.3) is 0 Å². The summed E-state index contributed by atoms with van der Waals surface area (Å²) in [4.78, 5) is 10.4. The number of β-amino-alcohol motifs (C(OH)–C–C–N with tert-alkyl or cyclic N) is 1. The quantitative estimate of drug-likeness (QED) is 0.848. The minimum atomic E-state index is -1.19. The molecule has 1 fully saturated rings. The molecule has 1 aliphatic heterocycles. The Bertz CT molecular complexity index is 401. The SMILES string of the molecule is Cc1ncc(C(C)C)c(N2C[C@@H](O)[C@H](F)C2)n1. The second-order valence-electron chi connectivity index (χ2n) is 4.84. The van der Waals surface area contributed by atoms with Crippen molar-refractivity contribution >= 4 is 5.82 Å². The Morgan fingerprint density at radius 1 is 1.47 bits per heavy atom. The lowest BCUT2D eigenvalue weighted by molar-refractivity contribution is 0.118. The van der Waals surface area contributed by atoms with E-state index in [2.05, 4.69) is 23.8 Å². The van der Waals surface area contributed by atoms with Gasteiger partial charge in [0, 0.05) is 18.3 Å². The number of rotatable bonds is 2. The molecule has 0 spiro atoms. The smallest absolute Gasteiger partial charge is 0.145 e. The Hall–Kier alpha value is -1.23. The van der Waals surface area contributed by atoms with E-state index in [1.165, 1.54) is 0 Å². The van der Waals surface area contributed by atoms with E-state index < -0.39 is 12.3 Å². The molecule has 0 bridgehead atoms. The first-order valence-electron chi connectivity index (χ1n) is 5.89. The number of alkyl halides is 1. The molecule has 1 N–H and O–H groups in total. The summed E-state index contributed by atoms with van der Waals surface area (Å²) in [5.41, 5.74) is 0.997. The molecule has 2 atom stereocenters. The first kappa shape index (κ1) is 12.2. The summed E-state index contributed by atoms with van der Waals surface area (Å²) < 4.78 is 13.4. The Morgan fingerprint density at radius 2 is 2.18 bits per heavy atom. The number of halogens is 1. The summed E-state index contributed by atoms with van der Waals surface area (Å²) >= 11 is 0. The zero-order valence-electron chi connectivity index (χ0n) is 10.4. The normalized spacial score (nSPS) is 24.7. The lowest BCUT2D eigenvalue weighted by atomic mass is 10.1. The zero-order valence-corrected chi connectivity index (χ0v) is 10.4. The van der Waals surface area contributed by atoms with Crippen molar-refractivity contribution in [2.24, 2.45) is 0 Å². The summed E-state index contributed by atoms with van der Waals surface area (Å²) in [5.74, 6) is 1.70. The van der Waals surface area contributed by atoms with Crippen LogP contribution in [0.5, 0.6) is 0 Å². The largest absolute Gasteiger partial charge is 0.388 e. The van der Waals surface area contributed by atoms with Crippen molar-refractivity contribution in [2.75, 3.05) is 18.0 Å². The average Bonchev–Trinajstić information content (AvgIpc) is 2.58. The third-order valence-corrected chi connectivity index (χ3v) is 3.06. The fraction of sp³-hybridized carbons (Fsp3) is 0.667. The number of hydrogen-bond donors (Lipinski definition) is 1. The molecule has 2 heterocycles. The molecule has 1 saturated heterocycles. The molecule has 0 aliphatic carbocycles.